The van der Waals surface area contributed by atoms with Crippen LogP contribution < -0.4 is 4.74 Å². The van der Waals surface area contributed by atoms with Crippen LogP contribution in [0.2, 0.25) is 0 Å². The molecule has 4 nitrogen and oxygen atoms in total. The molecule has 1 aliphatic heterocycles. The van der Waals surface area contributed by atoms with Crippen LogP contribution in [0.5, 0.6) is 5.75 Å². The van der Waals surface area contributed by atoms with E-state index in [1.165, 1.54) is 18.2 Å². The minimum atomic E-state index is -0.209. The van der Waals surface area contributed by atoms with Crippen molar-refractivity contribution in [1.82, 2.24) is 4.90 Å². The van der Waals surface area contributed by atoms with E-state index < -0.39 is 0 Å². The van der Waals surface area contributed by atoms with Gasteiger partial charge in [-0.05, 0) is 37.1 Å². The lowest BCUT2D eigenvalue weighted by Crippen LogP contribution is -2.26. The molecule has 0 fully saturated rings. The quantitative estimate of drug-likeness (QED) is 0.760. The number of esters is 1. The molecule has 0 spiro atoms. The lowest BCUT2D eigenvalue weighted by molar-refractivity contribution is -0.141. The molecule has 0 aliphatic carbocycles. The second-order valence-electron chi connectivity index (χ2n) is 4.64. The molecule has 0 saturated heterocycles. The van der Waals surface area contributed by atoms with E-state index >= 15 is 0 Å². The number of likely N-dealkylation sites (N-methyl/N-ethyl adjacent to an activating group) is 1. The molecule has 0 atom stereocenters. The largest absolute Gasteiger partial charge is 0.493 e. The van der Waals surface area contributed by atoms with Crippen LogP contribution in [0.25, 0.3) is 0 Å². The summed E-state index contributed by atoms with van der Waals surface area (Å²) in [5.74, 6) is 0.791. The Hall–Kier alpha value is -1.55. The van der Waals surface area contributed by atoms with Crippen molar-refractivity contribution in [2.75, 3.05) is 27.3 Å². The van der Waals surface area contributed by atoms with Gasteiger partial charge < -0.3 is 9.47 Å². The summed E-state index contributed by atoms with van der Waals surface area (Å²) in [6.45, 7) is 1.86. The van der Waals surface area contributed by atoms with Crippen LogP contribution in [0.3, 0.4) is 0 Å². The molecular formula is C14H19NO3. The molecule has 0 bridgehead atoms. The van der Waals surface area contributed by atoms with Crippen LogP contribution >= 0.6 is 0 Å². The molecule has 1 aromatic carbocycles. The van der Waals surface area contributed by atoms with E-state index in [2.05, 4.69) is 16.9 Å². The summed E-state index contributed by atoms with van der Waals surface area (Å²) in [6.07, 6.45) is 2.15. The minimum Gasteiger partial charge on any atom is -0.493 e. The number of carbonyl (C=O) groups is 1. The highest BCUT2D eigenvalue weighted by molar-refractivity contribution is 5.71. The van der Waals surface area contributed by atoms with E-state index in [0.29, 0.717) is 6.54 Å². The number of methoxy groups -OCH3 is 1. The van der Waals surface area contributed by atoms with Crippen molar-refractivity contribution in [2.24, 2.45) is 0 Å². The van der Waals surface area contributed by atoms with Gasteiger partial charge in [0.25, 0.3) is 0 Å². The first-order valence-corrected chi connectivity index (χ1v) is 6.19. The topological polar surface area (TPSA) is 38.8 Å². The molecule has 0 unspecified atom stereocenters. The second kappa shape index (κ2) is 5.87. The number of ether oxygens (including phenoxy) is 2. The van der Waals surface area contributed by atoms with Crippen LogP contribution in [0.4, 0.5) is 0 Å². The zero-order valence-corrected chi connectivity index (χ0v) is 10.9. The molecule has 1 heterocycles. The first-order valence-electron chi connectivity index (χ1n) is 6.19. The molecule has 0 saturated carbocycles. The number of rotatable bonds is 4. The molecule has 0 amide bonds. The summed E-state index contributed by atoms with van der Waals surface area (Å²) < 4.78 is 10.2. The van der Waals surface area contributed by atoms with Gasteiger partial charge in [0.1, 0.15) is 5.75 Å². The zero-order chi connectivity index (χ0) is 13.0. The molecule has 0 N–H and O–H groups in total. The summed E-state index contributed by atoms with van der Waals surface area (Å²) in [5, 5.41) is 0. The highest BCUT2D eigenvalue weighted by Crippen LogP contribution is 2.25. The Balaban J connectivity index is 1.99. The van der Waals surface area contributed by atoms with Crippen molar-refractivity contribution in [1.29, 1.82) is 0 Å². The summed E-state index contributed by atoms with van der Waals surface area (Å²) in [6, 6.07) is 6.25. The van der Waals surface area contributed by atoms with E-state index in [-0.39, 0.29) is 5.97 Å². The Kier molecular flexibility index (Phi) is 4.20. The van der Waals surface area contributed by atoms with Gasteiger partial charge in [-0.25, -0.2) is 0 Å². The molecule has 4 heteroatoms. The number of nitrogens with zero attached hydrogens (tertiary/aromatic N) is 1. The Labute approximate surface area is 107 Å². The lowest BCUT2D eigenvalue weighted by Gasteiger charge is -2.20. The van der Waals surface area contributed by atoms with Crippen molar-refractivity contribution >= 4 is 5.97 Å². The number of fused-ring (bicyclic) bond motifs is 1. The van der Waals surface area contributed by atoms with Gasteiger partial charge in [0.15, 0.2) is 0 Å². The average molecular weight is 249 g/mol. The molecule has 98 valence electrons. The SMILES string of the molecule is COC(=O)CN(C)Cc1ccc2c(c1)CCCO2. The molecule has 2 rings (SSSR count). The first kappa shape index (κ1) is 12.9. The number of aryl methyl sites for hydroxylation is 1. The summed E-state index contributed by atoms with van der Waals surface area (Å²) in [7, 11) is 3.32. The van der Waals surface area contributed by atoms with E-state index in [1.54, 1.807) is 0 Å². The van der Waals surface area contributed by atoms with Crippen molar-refractivity contribution in [3.8, 4) is 5.75 Å². The van der Waals surface area contributed by atoms with Gasteiger partial charge in [-0.2, -0.15) is 0 Å². The van der Waals surface area contributed by atoms with Gasteiger partial charge in [0.05, 0.1) is 20.3 Å². The van der Waals surface area contributed by atoms with E-state index in [1.807, 2.05) is 18.0 Å². The maximum atomic E-state index is 11.2. The van der Waals surface area contributed by atoms with Crippen molar-refractivity contribution in [3.63, 3.8) is 0 Å². The number of benzene rings is 1. The fraction of sp³-hybridized carbons (Fsp3) is 0.500. The van der Waals surface area contributed by atoms with Crippen LogP contribution in [0, 0.1) is 0 Å². The molecule has 1 aromatic rings. The third-order valence-electron chi connectivity index (χ3n) is 3.05. The van der Waals surface area contributed by atoms with Gasteiger partial charge in [0, 0.05) is 6.54 Å². The first-order chi connectivity index (χ1) is 8.69. The Bertz CT molecular complexity index is 431. The zero-order valence-electron chi connectivity index (χ0n) is 10.9. The minimum absolute atomic E-state index is 0.209. The van der Waals surface area contributed by atoms with E-state index in [9.17, 15) is 4.79 Å². The van der Waals surface area contributed by atoms with E-state index in [0.717, 1.165) is 31.7 Å². The van der Waals surface area contributed by atoms with Gasteiger partial charge in [-0.15, -0.1) is 0 Å². The third kappa shape index (κ3) is 3.23. The highest BCUT2D eigenvalue weighted by atomic mass is 16.5. The molecule has 18 heavy (non-hydrogen) atoms. The predicted octanol–water partition coefficient (Wildman–Crippen LogP) is 1.62. The Morgan fingerprint density at radius 1 is 1.50 bits per heavy atom. The maximum Gasteiger partial charge on any atom is 0.319 e. The molecular weight excluding hydrogens is 230 g/mol. The van der Waals surface area contributed by atoms with Crippen molar-refractivity contribution < 1.29 is 14.3 Å². The normalized spacial score (nSPS) is 13.9. The van der Waals surface area contributed by atoms with Gasteiger partial charge in [0.2, 0.25) is 0 Å². The van der Waals surface area contributed by atoms with Gasteiger partial charge in [-0.1, -0.05) is 12.1 Å². The lowest BCUT2D eigenvalue weighted by atomic mass is 10.0. The van der Waals surface area contributed by atoms with Crippen LogP contribution in [-0.4, -0.2) is 38.2 Å². The van der Waals surface area contributed by atoms with Gasteiger partial charge >= 0.3 is 5.97 Å². The standard InChI is InChI=1S/C14H19NO3/c1-15(10-14(16)17-2)9-11-5-6-13-12(8-11)4-3-7-18-13/h5-6,8H,3-4,7,9-10H2,1-2H3. The fourth-order valence-corrected chi connectivity index (χ4v) is 2.16. The molecule has 0 radical (unpaired) electrons. The molecule has 1 aliphatic rings. The monoisotopic (exact) mass is 249 g/mol. The summed E-state index contributed by atoms with van der Waals surface area (Å²) in [5.41, 5.74) is 2.47. The van der Waals surface area contributed by atoms with Gasteiger partial charge in [-0.3, -0.25) is 9.69 Å². The van der Waals surface area contributed by atoms with E-state index in [4.69, 9.17) is 4.74 Å². The molecule has 0 aromatic heterocycles. The third-order valence-corrected chi connectivity index (χ3v) is 3.05. The summed E-state index contributed by atoms with van der Waals surface area (Å²) >= 11 is 0. The van der Waals surface area contributed by atoms with Crippen molar-refractivity contribution in [2.45, 2.75) is 19.4 Å². The number of hydrogen-bond acceptors (Lipinski definition) is 4. The van der Waals surface area contributed by atoms with Crippen LogP contribution in [-0.2, 0) is 22.5 Å². The Morgan fingerprint density at radius 2 is 2.33 bits per heavy atom. The fourth-order valence-electron chi connectivity index (χ4n) is 2.16. The number of carbonyl (C=O) groups excluding carboxylic acids is 1. The average Bonchev–Trinajstić information content (AvgIpc) is 2.38. The smallest absolute Gasteiger partial charge is 0.319 e. The maximum absolute atomic E-state index is 11.2. The summed E-state index contributed by atoms with van der Waals surface area (Å²) in [4.78, 5) is 13.1. The second-order valence-corrected chi connectivity index (χ2v) is 4.64. The van der Waals surface area contributed by atoms with Crippen molar-refractivity contribution in [3.05, 3.63) is 29.3 Å². The van der Waals surface area contributed by atoms with Crippen LogP contribution in [0.15, 0.2) is 18.2 Å². The highest BCUT2D eigenvalue weighted by Gasteiger charge is 2.12. The Morgan fingerprint density at radius 3 is 3.11 bits per heavy atom. The van der Waals surface area contributed by atoms with Crippen LogP contribution in [0.1, 0.15) is 17.5 Å². The predicted molar refractivity (Wildman–Crippen MR) is 68.6 cm³/mol. The number of hydrogen-bond donors (Lipinski definition) is 0.